The standard InChI is InChI=1S/C51H67N5O10S3/c1-6-8-9-10-11-12-13-14-15-16-17-18-19-22-31-56(40-26-23-24-37-36(40)28-29-38(43(37)57)47(60)53-39-25-20-21-27-41(39)63-4)51(62)66-42-32-35(33-65-52-30-7-2)46(45(59)44(42)58)68-50-55-54-49(69-50)67-34(3)48(61)64-5/h20-21,23-29,32,34,52,57-59H,6-19,22,30-31,33H2,1-5H3,(H,53,60). The number of thioether (sulfide) groups is 1. The highest BCUT2D eigenvalue weighted by molar-refractivity contribution is 8.04. The fourth-order valence-electron chi connectivity index (χ4n) is 7.61. The maximum Gasteiger partial charge on any atom is 0.419 e. The molecule has 0 saturated heterocycles. The molecule has 0 radical (unpaired) electrons. The number of hydroxylamine groups is 1. The first-order valence-electron chi connectivity index (χ1n) is 23.9. The van der Waals surface area contributed by atoms with Crippen molar-refractivity contribution in [3.8, 4) is 28.7 Å². The van der Waals surface area contributed by atoms with Gasteiger partial charge in [-0.05, 0) is 50.1 Å². The van der Waals surface area contributed by atoms with Crippen LogP contribution in [0.4, 0.5) is 16.2 Å². The molecule has 5 rings (SSSR count). The van der Waals surface area contributed by atoms with Crippen molar-refractivity contribution < 1.29 is 48.8 Å². The third kappa shape index (κ3) is 16.1. The summed E-state index contributed by atoms with van der Waals surface area (Å²) in [5.41, 5.74) is 4.11. The van der Waals surface area contributed by atoms with E-state index in [1.165, 1.54) is 112 Å². The summed E-state index contributed by atoms with van der Waals surface area (Å²) < 4.78 is 17.1. The van der Waals surface area contributed by atoms with Crippen LogP contribution in [0.1, 0.15) is 133 Å². The van der Waals surface area contributed by atoms with E-state index in [-0.39, 0.29) is 35.1 Å². The molecule has 5 aromatic rings. The van der Waals surface area contributed by atoms with Crippen LogP contribution in [0.25, 0.3) is 10.8 Å². The number of aromatic hydroxyl groups is 3. The Morgan fingerprint density at radius 2 is 1.41 bits per heavy atom. The van der Waals surface area contributed by atoms with Gasteiger partial charge in [-0.25, -0.2) is 10.3 Å². The number of amides is 2. The van der Waals surface area contributed by atoms with E-state index < -0.39 is 34.7 Å². The molecule has 1 atom stereocenters. The first-order chi connectivity index (χ1) is 33.5. The van der Waals surface area contributed by atoms with Crippen LogP contribution < -0.4 is 25.2 Å². The lowest BCUT2D eigenvalue weighted by Gasteiger charge is -2.25. The number of aromatic nitrogens is 2. The largest absolute Gasteiger partial charge is 0.506 e. The van der Waals surface area contributed by atoms with Crippen LogP contribution in [0.15, 0.2) is 74.2 Å². The van der Waals surface area contributed by atoms with Gasteiger partial charge < -0.3 is 34.8 Å². The Kier molecular flexibility index (Phi) is 23.0. The Balaban J connectivity index is 1.38. The molecule has 0 aliphatic rings. The van der Waals surface area contributed by atoms with E-state index in [0.717, 1.165) is 43.9 Å². The van der Waals surface area contributed by atoms with E-state index in [9.17, 15) is 29.7 Å². The summed E-state index contributed by atoms with van der Waals surface area (Å²) in [5, 5.41) is 46.1. The number of phenolic OH excluding ortho intramolecular Hbond substituents is 3. The first-order valence-corrected chi connectivity index (χ1v) is 26.4. The Labute approximate surface area is 418 Å². The number of fused-ring (bicyclic) bond motifs is 1. The first kappa shape index (κ1) is 54.7. The molecule has 1 heterocycles. The van der Waals surface area contributed by atoms with Crippen molar-refractivity contribution in [1.29, 1.82) is 0 Å². The molecule has 0 fully saturated rings. The number of unbranched alkanes of at least 4 members (excludes halogenated alkanes) is 13. The SMILES string of the molecule is CCCCCCCCCCCCCCCCN(C(=O)Oc1cc(CONCCC)c(Sc2nnc(SC(C)C(=O)OC)s2)c(O)c1O)c1cccc2c(O)c(C(=O)Nc3ccccc3OC)ccc12. The number of esters is 1. The van der Waals surface area contributed by atoms with Crippen LogP contribution in [0.2, 0.25) is 0 Å². The number of phenols is 3. The highest BCUT2D eigenvalue weighted by atomic mass is 32.2. The van der Waals surface area contributed by atoms with Crippen molar-refractivity contribution in [2.75, 3.05) is 37.5 Å². The lowest BCUT2D eigenvalue weighted by atomic mass is 10.0. The summed E-state index contributed by atoms with van der Waals surface area (Å²) in [6, 6.07) is 16.7. The summed E-state index contributed by atoms with van der Waals surface area (Å²) in [4.78, 5) is 47.4. The quantitative estimate of drug-likeness (QED) is 0.00955. The zero-order valence-corrected chi connectivity index (χ0v) is 42.8. The van der Waals surface area contributed by atoms with Crippen LogP contribution in [0.5, 0.6) is 28.7 Å². The number of carbonyl (C=O) groups excluding carboxylic acids is 3. The predicted molar refractivity (Wildman–Crippen MR) is 274 cm³/mol. The van der Waals surface area contributed by atoms with Gasteiger partial charge in [-0.1, -0.05) is 163 Å². The molecule has 1 aromatic heterocycles. The van der Waals surface area contributed by atoms with Crippen molar-refractivity contribution in [2.45, 2.75) is 143 Å². The van der Waals surface area contributed by atoms with Gasteiger partial charge in [-0.15, -0.1) is 10.2 Å². The fraction of sp³-hybridized carbons (Fsp3) is 0.471. The number of hydrogen-bond acceptors (Lipinski definition) is 16. The van der Waals surface area contributed by atoms with Gasteiger partial charge in [0.2, 0.25) is 5.75 Å². The number of para-hydroxylation sites is 2. The van der Waals surface area contributed by atoms with Crippen molar-refractivity contribution in [3.63, 3.8) is 0 Å². The number of rotatable bonds is 30. The van der Waals surface area contributed by atoms with Crippen molar-refractivity contribution >= 4 is 75.0 Å². The molecule has 0 saturated carbocycles. The summed E-state index contributed by atoms with van der Waals surface area (Å²) >= 11 is 3.41. The predicted octanol–water partition coefficient (Wildman–Crippen LogP) is 12.8. The number of nitrogens with one attached hydrogen (secondary N) is 2. The highest BCUT2D eigenvalue weighted by Crippen LogP contribution is 2.49. The average molecular weight is 1010 g/mol. The minimum absolute atomic E-state index is 0.0208. The molecular formula is C51H67N5O10S3. The highest BCUT2D eigenvalue weighted by Gasteiger charge is 2.28. The molecule has 0 aliphatic heterocycles. The van der Waals surface area contributed by atoms with E-state index in [0.29, 0.717) is 55.1 Å². The minimum Gasteiger partial charge on any atom is -0.506 e. The number of nitrogens with zero attached hydrogens (tertiary/aromatic N) is 3. The number of hydrogen-bond donors (Lipinski definition) is 5. The van der Waals surface area contributed by atoms with Gasteiger partial charge in [0.05, 0.1) is 42.7 Å². The summed E-state index contributed by atoms with van der Waals surface area (Å²) in [7, 11) is 2.82. The molecule has 0 spiro atoms. The molecule has 1 unspecified atom stereocenters. The molecular weight excluding hydrogens is 939 g/mol. The van der Waals surface area contributed by atoms with Crippen LogP contribution in [-0.4, -0.2) is 76.0 Å². The lowest BCUT2D eigenvalue weighted by Crippen LogP contribution is -2.34. The van der Waals surface area contributed by atoms with E-state index in [1.807, 2.05) is 6.92 Å². The zero-order chi connectivity index (χ0) is 49.5. The van der Waals surface area contributed by atoms with Crippen molar-refractivity contribution in [3.05, 3.63) is 71.8 Å². The molecule has 69 heavy (non-hydrogen) atoms. The summed E-state index contributed by atoms with van der Waals surface area (Å²) in [6.45, 7) is 6.61. The second-order valence-electron chi connectivity index (χ2n) is 16.6. The van der Waals surface area contributed by atoms with E-state index in [2.05, 4.69) is 27.9 Å². The number of carbonyl (C=O) groups is 3. The second-order valence-corrected chi connectivity index (χ2v) is 20.4. The molecule has 5 N–H and O–H groups in total. The van der Waals surface area contributed by atoms with E-state index in [4.69, 9.17) is 19.0 Å². The number of ether oxygens (including phenoxy) is 3. The maximum atomic E-state index is 14.5. The number of benzene rings is 4. The molecule has 2 amide bonds. The number of methoxy groups -OCH3 is 2. The molecule has 374 valence electrons. The van der Waals surface area contributed by atoms with E-state index >= 15 is 0 Å². The second kappa shape index (κ2) is 29.0. The fourth-order valence-corrected chi connectivity index (χ4v) is 10.9. The third-order valence-corrected chi connectivity index (χ3v) is 14.7. The Hall–Kier alpha value is -5.27. The Morgan fingerprint density at radius 3 is 2.07 bits per heavy atom. The molecule has 4 aromatic carbocycles. The van der Waals surface area contributed by atoms with Crippen molar-refractivity contribution in [1.82, 2.24) is 15.7 Å². The van der Waals surface area contributed by atoms with Gasteiger partial charge in [-0.2, -0.15) is 0 Å². The maximum absolute atomic E-state index is 14.5. The Bertz CT molecular complexity index is 2440. The van der Waals surface area contributed by atoms with E-state index in [1.54, 1.807) is 55.5 Å². The average Bonchev–Trinajstić information content (AvgIpc) is 3.80. The van der Waals surface area contributed by atoms with Crippen LogP contribution in [-0.2, 0) is 21.0 Å². The zero-order valence-electron chi connectivity index (χ0n) is 40.3. The van der Waals surface area contributed by atoms with Gasteiger partial charge in [0.15, 0.2) is 20.2 Å². The van der Waals surface area contributed by atoms with Crippen LogP contribution in [0, 0.1) is 0 Å². The molecule has 15 nitrogen and oxygen atoms in total. The molecule has 0 bridgehead atoms. The smallest absolute Gasteiger partial charge is 0.419 e. The molecule has 0 aliphatic carbocycles. The molecule has 18 heteroatoms. The lowest BCUT2D eigenvalue weighted by molar-refractivity contribution is -0.139. The normalized spacial score (nSPS) is 11.7. The van der Waals surface area contributed by atoms with Gasteiger partial charge in [0, 0.05) is 29.4 Å². The Morgan fingerprint density at radius 1 is 0.739 bits per heavy atom. The monoisotopic (exact) mass is 1010 g/mol. The van der Waals surface area contributed by atoms with Gasteiger partial charge in [-0.3, -0.25) is 19.3 Å². The minimum atomic E-state index is -0.841. The summed E-state index contributed by atoms with van der Waals surface area (Å²) in [5.74, 6) is -2.31. The van der Waals surface area contributed by atoms with Crippen LogP contribution in [0.3, 0.4) is 0 Å². The van der Waals surface area contributed by atoms with Gasteiger partial charge >= 0.3 is 12.1 Å². The summed E-state index contributed by atoms with van der Waals surface area (Å²) in [6.07, 6.45) is 16.3. The topological polar surface area (TPSA) is 202 Å². The van der Waals surface area contributed by atoms with Gasteiger partial charge in [0.1, 0.15) is 16.7 Å². The number of anilines is 2. The van der Waals surface area contributed by atoms with Gasteiger partial charge in [0.25, 0.3) is 5.91 Å². The van der Waals surface area contributed by atoms with Crippen LogP contribution >= 0.6 is 34.9 Å². The van der Waals surface area contributed by atoms with Crippen molar-refractivity contribution in [2.24, 2.45) is 0 Å². The third-order valence-electron chi connectivity index (χ3n) is 11.4.